The molecule has 0 spiro atoms. The first-order chi connectivity index (χ1) is 7.11. The summed E-state index contributed by atoms with van der Waals surface area (Å²) in [5.74, 6) is -0.224. The molecule has 0 atom stereocenters. The summed E-state index contributed by atoms with van der Waals surface area (Å²) in [5.41, 5.74) is 2.22. The highest BCUT2D eigenvalue weighted by Crippen LogP contribution is 2.04. The first-order valence-corrected chi connectivity index (χ1v) is 4.77. The number of methoxy groups -OCH3 is 1. The summed E-state index contributed by atoms with van der Waals surface area (Å²) >= 11 is 0. The van der Waals surface area contributed by atoms with Crippen LogP contribution in [0.3, 0.4) is 0 Å². The smallest absolute Gasteiger partial charge is 0.319 e. The van der Waals surface area contributed by atoms with Gasteiger partial charge in [0.15, 0.2) is 0 Å². The normalized spacial score (nSPS) is 10.4. The number of rotatable bonds is 4. The molecule has 1 rings (SSSR count). The second-order valence-electron chi connectivity index (χ2n) is 3.62. The first-order valence-electron chi connectivity index (χ1n) is 4.77. The molecule has 0 aromatic carbocycles. The molecular weight excluding hydrogens is 192 g/mol. The van der Waals surface area contributed by atoms with Gasteiger partial charge in [-0.2, -0.15) is 0 Å². The van der Waals surface area contributed by atoms with Crippen molar-refractivity contribution in [3.05, 3.63) is 29.6 Å². The van der Waals surface area contributed by atoms with Crippen LogP contribution >= 0.6 is 0 Å². The highest BCUT2D eigenvalue weighted by atomic mass is 16.5. The van der Waals surface area contributed by atoms with E-state index < -0.39 is 0 Å². The molecule has 0 bridgehead atoms. The van der Waals surface area contributed by atoms with Gasteiger partial charge in [0.1, 0.15) is 0 Å². The van der Waals surface area contributed by atoms with Gasteiger partial charge in [-0.25, -0.2) is 0 Å². The van der Waals surface area contributed by atoms with E-state index >= 15 is 0 Å². The molecule has 0 aliphatic carbocycles. The van der Waals surface area contributed by atoms with Crippen LogP contribution in [0.15, 0.2) is 18.5 Å². The van der Waals surface area contributed by atoms with E-state index in [2.05, 4.69) is 15.8 Å². The molecule has 0 amide bonds. The van der Waals surface area contributed by atoms with Crippen LogP contribution in [-0.4, -0.2) is 36.6 Å². The summed E-state index contributed by atoms with van der Waals surface area (Å²) in [6, 6.07) is 2.06. The Morgan fingerprint density at radius 1 is 1.53 bits per heavy atom. The van der Waals surface area contributed by atoms with Gasteiger partial charge in [0, 0.05) is 18.9 Å². The lowest BCUT2D eigenvalue weighted by Crippen LogP contribution is -2.26. The Labute approximate surface area is 89.9 Å². The van der Waals surface area contributed by atoms with E-state index in [4.69, 9.17) is 0 Å². The van der Waals surface area contributed by atoms with Gasteiger partial charge in [0.05, 0.1) is 13.7 Å². The van der Waals surface area contributed by atoms with Gasteiger partial charge in [-0.3, -0.25) is 14.7 Å². The Balaban J connectivity index is 2.51. The molecule has 0 radical (unpaired) electrons. The van der Waals surface area contributed by atoms with Crippen molar-refractivity contribution in [1.29, 1.82) is 0 Å². The van der Waals surface area contributed by atoms with E-state index in [0.717, 1.165) is 11.1 Å². The summed E-state index contributed by atoms with van der Waals surface area (Å²) < 4.78 is 4.59. The molecule has 0 N–H and O–H groups in total. The largest absolute Gasteiger partial charge is 0.468 e. The number of aromatic nitrogens is 1. The quantitative estimate of drug-likeness (QED) is 0.692. The molecular formula is C11H16N2O2. The fraction of sp³-hybridized carbons (Fsp3) is 0.455. The lowest BCUT2D eigenvalue weighted by Gasteiger charge is -2.14. The lowest BCUT2D eigenvalue weighted by molar-refractivity contribution is -0.141. The average Bonchev–Trinajstić information content (AvgIpc) is 2.17. The minimum Gasteiger partial charge on any atom is -0.468 e. The maximum atomic E-state index is 11.0. The molecule has 0 saturated heterocycles. The SMILES string of the molecule is COC(=O)CN(C)Cc1cncc(C)c1. The molecule has 0 fully saturated rings. The molecule has 1 aromatic heterocycles. The topological polar surface area (TPSA) is 42.4 Å². The molecule has 0 aliphatic heterocycles. The van der Waals surface area contributed by atoms with Gasteiger partial charge in [0.25, 0.3) is 0 Å². The van der Waals surface area contributed by atoms with Crippen LogP contribution in [0.25, 0.3) is 0 Å². The van der Waals surface area contributed by atoms with Crippen LogP contribution in [0, 0.1) is 6.92 Å². The second-order valence-corrected chi connectivity index (χ2v) is 3.62. The summed E-state index contributed by atoms with van der Waals surface area (Å²) in [4.78, 5) is 17.0. The van der Waals surface area contributed by atoms with E-state index in [-0.39, 0.29) is 5.97 Å². The number of ether oxygens (including phenoxy) is 1. The number of carbonyl (C=O) groups excluding carboxylic acids is 1. The molecule has 4 heteroatoms. The highest BCUT2D eigenvalue weighted by Gasteiger charge is 2.06. The molecule has 0 saturated carbocycles. The second kappa shape index (κ2) is 5.46. The number of hydrogen-bond donors (Lipinski definition) is 0. The molecule has 0 unspecified atom stereocenters. The first kappa shape index (κ1) is 11.7. The number of nitrogens with zero attached hydrogens (tertiary/aromatic N) is 2. The standard InChI is InChI=1S/C11H16N2O2/c1-9-4-10(6-12-5-9)7-13(2)8-11(14)15-3/h4-6H,7-8H2,1-3H3. The Morgan fingerprint density at radius 3 is 2.87 bits per heavy atom. The van der Waals surface area contributed by atoms with E-state index in [0.29, 0.717) is 13.1 Å². The summed E-state index contributed by atoms with van der Waals surface area (Å²) in [5, 5.41) is 0. The Morgan fingerprint density at radius 2 is 2.27 bits per heavy atom. The molecule has 1 aromatic rings. The number of esters is 1. The zero-order chi connectivity index (χ0) is 11.3. The van der Waals surface area contributed by atoms with Crippen molar-refractivity contribution in [3.63, 3.8) is 0 Å². The van der Waals surface area contributed by atoms with Gasteiger partial charge < -0.3 is 4.74 Å². The minimum atomic E-state index is -0.224. The van der Waals surface area contributed by atoms with Crippen molar-refractivity contribution in [2.75, 3.05) is 20.7 Å². The third-order valence-corrected chi connectivity index (χ3v) is 2.01. The maximum Gasteiger partial charge on any atom is 0.319 e. The predicted octanol–water partition coefficient (Wildman–Crippen LogP) is 0.995. The van der Waals surface area contributed by atoms with Crippen molar-refractivity contribution in [3.8, 4) is 0 Å². The monoisotopic (exact) mass is 208 g/mol. The van der Waals surface area contributed by atoms with Crippen LogP contribution < -0.4 is 0 Å². The molecule has 82 valence electrons. The van der Waals surface area contributed by atoms with Crippen LogP contribution in [-0.2, 0) is 16.1 Å². The fourth-order valence-electron chi connectivity index (χ4n) is 1.36. The van der Waals surface area contributed by atoms with E-state index in [1.165, 1.54) is 7.11 Å². The molecule has 1 heterocycles. The predicted molar refractivity (Wildman–Crippen MR) is 57.3 cm³/mol. The Hall–Kier alpha value is -1.42. The van der Waals surface area contributed by atoms with E-state index in [1.807, 2.05) is 25.1 Å². The summed E-state index contributed by atoms with van der Waals surface area (Å²) in [6.07, 6.45) is 3.62. The van der Waals surface area contributed by atoms with Crippen molar-refractivity contribution in [2.24, 2.45) is 0 Å². The van der Waals surface area contributed by atoms with Gasteiger partial charge in [-0.05, 0) is 25.1 Å². The maximum absolute atomic E-state index is 11.0. The van der Waals surface area contributed by atoms with Crippen molar-refractivity contribution < 1.29 is 9.53 Å². The van der Waals surface area contributed by atoms with Crippen molar-refractivity contribution >= 4 is 5.97 Å². The third-order valence-electron chi connectivity index (χ3n) is 2.01. The lowest BCUT2D eigenvalue weighted by atomic mass is 10.2. The fourth-order valence-corrected chi connectivity index (χ4v) is 1.36. The van der Waals surface area contributed by atoms with Gasteiger partial charge in [0.2, 0.25) is 0 Å². The number of likely N-dealkylation sites (N-methyl/N-ethyl adjacent to an activating group) is 1. The van der Waals surface area contributed by atoms with Crippen LogP contribution in [0.4, 0.5) is 0 Å². The number of hydrogen-bond acceptors (Lipinski definition) is 4. The van der Waals surface area contributed by atoms with Gasteiger partial charge >= 0.3 is 5.97 Å². The molecule has 15 heavy (non-hydrogen) atoms. The number of aryl methyl sites for hydroxylation is 1. The van der Waals surface area contributed by atoms with E-state index in [9.17, 15) is 4.79 Å². The van der Waals surface area contributed by atoms with Crippen molar-refractivity contribution in [1.82, 2.24) is 9.88 Å². The minimum absolute atomic E-state index is 0.224. The zero-order valence-electron chi connectivity index (χ0n) is 9.36. The zero-order valence-corrected chi connectivity index (χ0v) is 9.36. The van der Waals surface area contributed by atoms with E-state index in [1.54, 1.807) is 6.20 Å². The Kier molecular flexibility index (Phi) is 4.24. The molecule has 4 nitrogen and oxygen atoms in total. The number of pyridine rings is 1. The molecule has 0 aliphatic rings. The van der Waals surface area contributed by atoms with Gasteiger partial charge in [-0.15, -0.1) is 0 Å². The highest BCUT2D eigenvalue weighted by molar-refractivity contribution is 5.71. The van der Waals surface area contributed by atoms with Crippen LogP contribution in [0.5, 0.6) is 0 Å². The summed E-state index contributed by atoms with van der Waals surface area (Å²) in [7, 11) is 3.27. The Bertz CT molecular complexity index is 339. The summed E-state index contributed by atoms with van der Waals surface area (Å²) in [6.45, 7) is 2.99. The van der Waals surface area contributed by atoms with Crippen LogP contribution in [0.1, 0.15) is 11.1 Å². The van der Waals surface area contributed by atoms with Crippen molar-refractivity contribution in [2.45, 2.75) is 13.5 Å². The van der Waals surface area contributed by atoms with Crippen LogP contribution in [0.2, 0.25) is 0 Å². The third kappa shape index (κ3) is 4.08. The van der Waals surface area contributed by atoms with Gasteiger partial charge in [-0.1, -0.05) is 6.07 Å². The average molecular weight is 208 g/mol. The number of carbonyl (C=O) groups is 1.